The van der Waals surface area contributed by atoms with Gasteiger partial charge in [0.1, 0.15) is 5.00 Å². The number of carbonyl (C=O) groups is 2. The average Bonchev–Trinajstić information content (AvgIpc) is 2.92. The van der Waals surface area contributed by atoms with Gasteiger partial charge >= 0.3 is 0 Å². The Morgan fingerprint density at radius 2 is 2.12 bits per heavy atom. The number of hydrogen-bond donors (Lipinski definition) is 2. The maximum Gasteiger partial charge on any atom is 0.257 e. The van der Waals surface area contributed by atoms with Crippen molar-refractivity contribution in [2.75, 3.05) is 5.32 Å². The van der Waals surface area contributed by atoms with Crippen LogP contribution in [0.3, 0.4) is 0 Å². The van der Waals surface area contributed by atoms with E-state index in [1.54, 1.807) is 24.3 Å². The van der Waals surface area contributed by atoms with E-state index < -0.39 is 5.91 Å². The first-order valence-corrected chi connectivity index (χ1v) is 9.70. The van der Waals surface area contributed by atoms with Crippen LogP contribution in [0, 0.1) is 5.92 Å². The highest BCUT2D eigenvalue weighted by atomic mass is 35.5. The van der Waals surface area contributed by atoms with E-state index in [0.29, 0.717) is 27.1 Å². The van der Waals surface area contributed by atoms with Crippen molar-refractivity contribution < 1.29 is 9.59 Å². The summed E-state index contributed by atoms with van der Waals surface area (Å²) in [5.41, 5.74) is 7.48. The summed E-state index contributed by atoms with van der Waals surface area (Å²) in [5.74, 6) is -0.165. The summed E-state index contributed by atoms with van der Waals surface area (Å²) < 4.78 is 0. The van der Waals surface area contributed by atoms with Crippen molar-refractivity contribution in [3.8, 4) is 0 Å². The van der Waals surface area contributed by atoms with E-state index in [1.165, 1.54) is 22.6 Å². The Labute approximate surface area is 156 Å². The fourth-order valence-corrected chi connectivity index (χ4v) is 5.06. The first-order valence-electron chi connectivity index (χ1n) is 8.51. The highest BCUT2D eigenvalue weighted by molar-refractivity contribution is 7.17. The van der Waals surface area contributed by atoms with Gasteiger partial charge in [-0.05, 0) is 42.9 Å². The first-order chi connectivity index (χ1) is 12.0. The number of carbonyl (C=O) groups excluding carboxylic acids is 2. The Morgan fingerprint density at radius 3 is 2.80 bits per heavy atom. The zero-order valence-electron chi connectivity index (χ0n) is 14.1. The van der Waals surface area contributed by atoms with Crippen LogP contribution in [0.15, 0.2) is 24.3 Å². The van der Waals surface area contributed by atoms with E-state index in [-0.39, 0.29) is 5.91 Å². The summed E-state index contributed by atoms with van der Waals surface area (Å²) in [7, 11) is 0. The molecule has 1 atom stereocenters. The van der Waals surface area contributed by atoms with E-state index in [4.69, 9.17) is 17.3 Å². The number of primary amides is 1. The molecule has 0 bridgehead atoms. The summed E-state index contributed by atoms with van der Waals surface area (Å²) in [6, 6.07) is 6.85. The monoisotopic (exact) mass is 376 g/mol. The van der Waals surface area contributed by atoms with Crippen molar-refractivity contribution >= 4 is 39.8 Å². The SMILES string of the molecule is CCCC1CCc2c(sc(NC(=O)c3ccccc3Cl)c2C(N)=O)C1. The van der Waals surface area contributed by atoms with Gasteiger partial charge in [0, 0.05) is 4.88 Å². The Morgan fingerprint density at radius 1 is 1.36 bits per heavy atom. The third-order valence-electron chi connectivity index (χ3n) is 4.66. The lowest BCUT2D eigenvalue weighted by molar-refractivity contribution is 0.1000. The minimum Gasteiger partial charge on any atom is -0.365 e. The molecule has 1 aromatic carbocycles. The lowest BCUT2D eigenvalue weighted by Crippen LogP contribution is -2.20. The molecule has 6 heteroatoms. The molecule has 25 heavy (non-hydrogen) atoms. The van der Waals surface area contributed by atoms with Crippen LogP contribution in [0.2, 0.25) is 5.02 Å². The molecule has 1 aromatic heterocycles. The first kappa shape index (κ1) is 18.0. The Hall–Kier alpha value is -1.85. The van der Waals surface area contributed by atoms with Gasteiger partial charge in [-0.25, -0.2) is 0 Å². The molecule has 1 aliphatic rings. The molecular weight excluding hydrogens is 356 g/mol. The molecule has 1 aliphatic carbocycles. The molecule has 2 aromatic rings. The number of nitrogens with two attached hydrogens (primary N) is 1. The summed E-state index contributed by atoms with van der Waals surface area (Å²) in [5, 5.41) is 3.77. The molecule has 3 N–H and O–H groups in total. The lowest BCUT2D eigenvalue weighted by atomic mass is 9.84. The molecule has 0 saturated heterocycles. The number of thiophene rings is 1. The van der Waals surface area contributed by atoms with Crippen molar-refractivity contribution in [2.24, 2.45) is 11.7 Å². The van der Waals surface area contributed by atoms with E-state index in [2.05, 4.69) is 12.2 Å². The van der Waals surface area contributed by atoms with E-state index >= 15 is 0 Å². The number of rotatable bonds is 5. The van der Waals surface area contributed by atoms with Crippen LogP contribution >= 0.6 is 22.9 Å². The highest BCUT2D eigenvalue weighted by Crippen LogP contribution is 2.40. The second-order valence-corrected chi connectivity index (χ2v) is 7.92. The Kier molecular flexibility index (Phi) is 5.45. The van der Waals surface area contributed by atoms with Crippen molar-refractivity contribution in [3.05, 3.63) is 50.9 Å². The highest BCUT2D eigenvalue weighted by Gasteiger charge is 2.28. The second-order valence-electron chi connectivity index (χ2n) is 6.40. The second kappa shape index (κ2) is 7.58. The van der Waals surface area contributed by atoms with E-state index in [9.17, 15) is 9.59 Å². The van der Waals surface area contributed by atoms with E-state index in [1.807, 2.05) is 0 Å². The lowest BCUT2D eigenvalue weighted by Gasteiger charge is -2.21. The molecule has 132 valence electrons. The van der Waals surface area contributed by atoms with Crippen molar-refractivity contribution in [1.82, 2.24) is 0 Å². The van der Waals surface area contributed by atoms with Gasteiger partial charge < -0.3 is 11.1 Å². The van der Waals surface area contributed by atoms with Crippen LogP contribution in [0.5, 0.6) is 0 Å². The molecule has 0 spiro atoms. The van der Waals surface area contributed by atoms with Crippen LogP contribution in [-0.4, -0.2) is 11.8 Å². The zero-order chi connectivity index (χ0) is 18.0. The number of hydrogen-bond acceptors (Lipinski definition) is 3. The Bertz CT molecular complexity index is 816. The third-order valence-corrected chi connectivity index (χ3v) is 6.16. The minimum atomic E-state index is -0.485. The van der Waals surface area contributed by atoms with E-state index in [0.717, 1.165) is 31.2 Å². The summed E-state index contributed by atoms with van der Waals surface area (Å²) in [6.07, 6.45) is 5.21. The predicted molar refractivity (Wildman–Crippen MR) is 103 cm³/mol. The summed E-state index contributed by atoms with van der Waals surface area (Å²) in [4.78, 5) is 25.7. The molecule has 0 aliphatic heterocycles. The maximum atomic E-state index is 12.5. The molecule has 1 unspecified atom stereocenters. The molecule has 4 nitrogen and oxygen atoms in total. The number of benzene rings is 1. The van der Waals surface area contributed by atoms with Gasteiger partial charge in [-0.15, -0.1) is 11.3 Å². The van der Waals surface area contributed by atoms with Gasteiger partial charge in [-0.1, -0.05) is 43.5 Å². The van der Waals surface area contributed by atoms with Gasteiger partial charge in [0.2, 0.25) is 0 Å². The number of anilines is 1. The summed E-state index contributed by atoms with van der Waals surface area (Å²) in [6.45, 7) is 2.19. The normalized spacial score (nSPS) is 16.3. The largest absolute Gasteiger partial charge is 0.365 e. The van der Waals surface area contributed by atoms with Crippen LogP contribution in [0.4, 0.5) is 5.00 Å². The predicted octanol–water partition coefficient (Wildman–Crippen LogP) is 4.66. The van der Waals surface area contributed by atoms with Crippen LogP contribution in [0.1, 0.15) is 57.3 Å². The topological polar surface area (TPSA) is 72.2 Å². The number of amides is 2. The number of nitrogens with one attached hydrogen (secondary N) is 1. The summed E-state index contributed by atoms with van der Waals surface area (Å²) >= 11 is 7.57. The van der Waals surface area contributed by atoms with Gasteiger partial charge in [0.25, 0.3) is 11.8 Å². The van der Waals surface area contributed by atoms with Crippen molar-refractivity contribution in [3.63, 3.8) is 0 Å². The molecule has 3 rings (SSSR count). The molecule has 0 fully saturated rings. The Balaban J connectivity index is 1.90. The molecule has 1 heterocycles. The smallest absolute Gasteiger partial charge is 0.257 e. The van der Waals surface area contributed by atoms with Crippen LogP contribution < -0.4 is 11.1 Å². The molecule has 2 amide bonds. The third kappa shape index (κ3) is 3.72. The molecule has 0 radical (unpaired) electrons. The van der Waals surface area contributed by atoms with Crippen molar-refractivity contribution in [2.45, 2.75) is 39.0 Å². The van der Waals surface area contributed by atoms with Gasteiger partial charge in [-0.2, -0.15) is 0 Å². The van der Waals surface area contributed by atoms with Gasteiger partial charge in [0.05, 0.1) is 16.1 Å². The van der Waals surface area contributed by atoms with Gasteiger partial charge in [0.15, 0.2) is 0 Å². The zero-order valence-corrected chi connectivity index (χ0v) is 15.7. The van der Waals surface area contributed by atoms with Crippen LogP contribution in [-0.2, 0) is 12.8 Å². The minimum absolute atomic E-state index is 0.322. The number of halogens is 1. The standard InChI is InChI=1S/C19H21ClN2O2S/c1-2-5-11-8-9-13-15(10-11)25-19(16(13)17(21)23)22-18(24)12-6-3-4-7-14(12)20/h3-4,6-7,11H,2,5,8-10H2,1H3,(H2,21,23)(H,22,24). The molecular formula is C19H21ClN2O2S. The number of fused-ring (bicyclic) bond motifs is 1. The van der Waals surface area contributed by atoms with Crippen molar-refractivity contribution in [1.29, 1.82) is 0 Å². The average molecular weight is 377 g/mol. The molecule has 0 saturated carbocycles. The van der Waals surface area contributed by atoms with Gasteiger partial charge in [-0.3, -0.25) is 9.59 Å². The fourth-order valence-electron chi connectivity index (χ4n) is 3.47. The fraction of sp³-hybridized carbons (Fsp3) is 0.368. The maximum absolute atomic E-state index is 12.5. The quantitative estimate of drug-likeness (QED) is 0.796. The van der Waals surface area contributed by atoms with Crippen LogP contribution in [0.25, 0.3) is 0 Å².